The fourth-order valence-electron chi connectivity index (χ4n) is 7.42. The summed E-state index contributed by atoms with van der Waals surface area (Å²) in [5, 5.41) is 7.79. The Morgan fingerprint density at radius 1 is 0.980 bits per heavy atom. The standard InChI is InChI=1S/C48H55N3/c1-4-40(5-2)46(29-28-42(30-32-49)41-23-12-9-10-13-24-41)37(3)18-15-20-38-21-16-25-43(34-38)44-31-33-50-48(36-44)47-27-14-8-6-7-11-19-39-22-17-26-45(35-39)51-47/h4-8,11,14-17,19-22,25-26,28-34,37,41,44,47,49H,1-2,9-10,12-13,18,23-24,27,35-36H2,3H3/b7-6-,14-8-,19-11?,20-15-,29-28+,42-30+,49-32?,51-45?/t37?,44-,47+/m0/s1. The summed E-state index contributed by atoms with van der Waals surface area (Å²) in [5.74, 6) is 1.07. The summed E-state index contributed by atoms with van der Waals surface area (Å²) >= 11 is 0. The first-order valence-corrected chi connectivity index (χ1v) is 18.9. The summed E-state index contributed by atoms with van der Waals surface area (Å²) in [6, 6.07) is 8.94. The van der Waals surface area contributed by atoms with Gasteiger partial charge in [0, 0.05) is 36.2 Å². The Balaban J connectivity index is 1.27. The van der Waals surface area contributed by atoms with Gasteiger partial charge in [0.2, 0.25) is 0 Å². The molecule has 262 valence electrons. The minimum atomic E-state index is 0.0187. The summed E-state index contributed by atoms with van der Waals surface area (Å²) in [7, 11) is 0. The van der Waals surface area contributed by atoms with Crippen LogP contribution < -0.4 is 0 Å². The lowest BCUT2D eigenvalue weighted by Crippen LogP contribution is -2.23. The van der Waals surface area contributed by atoms with Gasteiger partial charge in [-0.05, 0) is 89.5 Å². The predicted molar refractivity (Wildman–Crippen MR) is 223 cm³/mol. The topological polar surface area (TPSA) is 48.6 Å². The van der Waals surface area contributed by atoms with Crippen molar-refractivity contribution in [2.24, 2.45) is 21.8 Å². The van der Waals surface area contributed by atoms with Crippen LogP contribution in [0.15, 0.2) is 173 Å². The van der Waals surface area contributed by atoms with Crippen molar-refractivity contribution in [2.45, 2.75) is 83.1 Å². The first-order chi connectivity index (χ1) is 25.1. The minimum absolute atomic E-state index is 0.0187. The van der Waals surface area contributed by atoms with Gasteiger partial charge in [-0.2, -0.15) is 0 Å². The number of fused-ring (bicyclic) bond motifs is 2. The molecule has 1 saturated carbocycles. The summed E-state index contributed by atoms with van der Waals surface area (Å²) < 4.78 is 0. The van der Waals surface area contributed by atoms with Crippen LogP contribution >= 0.6 is 0 Å². The van der Waals surface area contributed by atoms with Gasteiger partial charge in [-0.3, -0.25) is 9.98 Å². The number of hydrogen-bond acceptors (Lipinski definition) is 3. The largest absolute Gasteiger partial charge is 0.309 e. The first-order valence-electron chi connectivity index (χ1n) is 18.9. The average molecular weight is 674 g/mol. The second-order valence-electron chi connectivity index (χ2n) is 14.0. The maximum Gasteiger partial charge on any atom is 0.0918 e. The van der Waals surface area contributed by atoms with E-state index in [2.05, 4.69) is 129 Å². The first kappa shape index (κ1) is 37.4. The Kier molecular flexibility index (Phi) is 14.7. The molecule has 2 aliphatic carbocycles. The number of benzene rings is 1. The lowest BCUT2D eigenvalue weighted by atomic mass is 9.87. The highest BCUT2D eigenvalue weighted by atomic mass is 14.9. The zero-order valence-corrected chi connectivity index (χ0v) is 30.5. The molecule has 1 N–H and O–H groups in total. The molecule has 2 heterocycles. The van der Waals surface area contributed by atoms with Gasteiger partial charge < -0.3 is 5.41 Å². The van der Waals surface area contributed by atoms with Crippen molar-refractivity contribution in [3.8, 4) is 0 Å². The molecule has 1 fully saturated rings. The van der Waals surface area contributed by atoms with Crippen molar-refractivity contribution in [3.05, 3.63) is 174 Å². The lowest BCUT2D eigenvalue weighted by molar-refractivity contribution is 0.540. The van der Waals surface area contributed by atoms with Gasteiger partial charge in [-0.1, -0.05) is 161 Å². The van der Waals surface area contributed by atoms with Gasteiger partial charge >= 0.3 is 0 Å². The molecule has 3 atom stereocenters. The maximum atomic E-state index is 7.79. The van der Waals surface area contributed by atoms with Crippen LogP contribution in [-0.2, 0) is 0 Å². The number of rotatable bonds is 12. The third kappa shape index (κ3) is 11.3. The molecule has 0 saturated heterocycles. The number of allylic oxidation sites excluding steroid dienone is 19. The number of hydrogen-bond donors (Lipinski definition) is 1. The normalized spacial score (nSPS) is 23.2. The summed E-state index contributed by atoms with van der Waals surface area (Å²) in [6.07, 6.45) is 50.7. The predicted octanol–water partition coefficient (Wildman–Crippen LogP) is 12.7. The van der Waals surface area contributed by atoms with Crippen LogP contribution in [0.5, 0.6) is 0 Å². The third-order valence-electron chi connectivity index (χ3n) is 10.3. The van der Waals surface area contributed by atoms with Crippen molar-refractivity contribution in [1.29, 1.82) is 5.41 Å². The molecule has 1 aromatic carbocycles. The highest BCUT2D eigenvalue weighted by molar-refractivity contribution is 6.01. The molecule has 0 radical (unpaired) electrons. The van der Waals surface area contributed by atoms with Gasteiger partial charge in [0.25, 0.3) is 0 Å². The van der Waals surface area contributed by atoms with Crippen molar-refractivity contribution in [2.75, 3.05) is 0 Å². The van der Waals surface area contributed by atoms with E-state index in [-0.39, 0.29) is 17.9 Å². The number of nitrogens with one attached hydrogen (secondary N) is 1. The second-order valence-corrected chi connectivity index (χ2v) is 14.0. The lowest BCUT2D eigenvalue weighted by Gasteiger charge is -2.23. The molecule has 2 aliphatic heterocycles. The van der Waals surface area contributed by atoms with E-state index >= 15 is 0 Å². The molecule has 1 aromatic rings. The molecule has 51 heavy (non-hydrogen) atoms. The van der Waals surface area contributed by atoms with E-state index in [1.54, 1.807) is 0 Å². The molecule has 3 nitrogen and oxygen atoms in total. The Labute approximate surface area is 307 Å². The van der Waals surface area contributed by atoms with Crippen LogP contribution in [0.3, 0.4) is 0 Å². The summed E-state index contributed by atoms with van der Waals surface area (Å²) in [6.45, 7) is 10.5. The maximum absolute atomic E-state index is 7.79. The van der Waals surface area contributed by atoms with Crippen LogP contribution in [0.2, 0.25) is 0 Å². The Morgan fingerprint density at radius 2 is 1.80 bits per heavy atom. The SMILES string of the molecule is C=CC(C=C)=C(/C=C/C(=C\C=N)C1CCCCCC1)C(C)C/C=C\c1cccc([C@H]2C=CN=C([C@H]3C/C=C\C=C/C=CC4=CC=CC(=N3)C4)C2)c1. The van der Waals surface area contributed by atoms with Crippen LogP contribution in [0.1, 0.15) is 88.2 Å². The molecule has 0 spiro atoms. The van der Waals surface area contributed by atoms with Gasteiger partial charge in [0.05, 0.1) is 6.04 Å². The molecular formula is C48H55N3. The van der Waals surface area contributed by atoms with Crippen molar-refractivity contribution < 1.29 is 0 Å². The molecule has 5 rings (SSSR count). The fraction of sp³-hybridized carbons (Fsp3) is 0.312. The Hall–Kier alpha value is -4.89. The van der Waals surface area contributed by atoms with Crippen LogP contribution in [0, 0.1) is 17.2 Å². The monoisotopic (exact) mass is 673 g/mol. The molecule has 2 bridgehead atoms. The molecule has 0 aromatic heterocycles. The summed E-state index contributed by atoms with van der Waals surface area (Å²) in [4.78, 5) is 10.1. The van der Waals surface area contributed by atoms with E-state index in [0.717, 1.165) is 42.7 Å². The van der Waals surface area contributed by atoms with Gasteiger partial charge in [-0.15, -0.1) is 0 Å². The number of nitrogens with zero attached hydrogens (tertiary/aromatic N) is 2. The zero-order valence-electron chi connectivity index (χ0n) is 30.5. The Morgan fingerprint density at radius 3 is 2.61 bits per heavy atom. The fourth-order valence-corrected chi connectivity index (χ4v) is 7.42. The third-order valence-corrected chi connectivity index (χ3v) is 10.3. The zero-order chi connectivity index (χ0) is 35.7. The molecule has 1 unspecified atom stereocenters. The molecule has 0 amide bonds. The molecule has 3 heteroatoms. The van der Waals surface area contributed by atoms with Gasteiger partial charge in [0.15, 0.2) is 0 Å². The van der Waals surface area contributed by atoms with Crippen LogP contribution in [-0.4, -0.2) is 23.7 Å². The van der Waals surface area contributed by atoms with E-state index < -0.39 is 0 Å². The van der Waals surface area contributed by atoms with E-state index in [9.17, 15) is 0 Å². The highest BCUT2D eigenvalue weighted by Crippen LogP contribution is 2.32. The molecule has 4 aliphatic rings. The molecular weight excluding hydrogens is 619 g/mol. The van der Waals surface area contributed by atoms with E-state index in [1.807, 2.05) is 24.4 Å². The second kappa shape index (κ2) is 20.1. The smallest absolute Gasteiger partial charge is 0.0918 e. The number of aliphatic imine (C=N–C) groups is 2. The van der Waals surface area contributed by atoms with Gasteiger partial charge in [0.1, 0.15) is 0 Å². The van der Waals surface area contributed by atoms with E-state index in [1.165, 1.54) is 72.6 Å². The average Bonchev–Trinajstić information content (AvgIpc) is 3.45. The van der Waals surface area contributed by atoms with Crippen molar-refractivity contribution >= 4 is 23.7 Å². The highest BCUT2D eigenvalue weighted by Gasteiger charge is 2.22. The van der Waals surface area contributed by atoms with Gasteiger partial charge in [-0.25, -0.2) is 0 Å². The van der Waals surface area contributed by atoms with Crippen LogP contribution in [0.4, 0.5) is 0 Å². The Bertz CT molecular complexity index is 1750. The minimum Gasteiger partial charge on any atom is -0.309 e. The quantitative estimate of drug-likeness (QED) is 0.130. The van der Waals surface area contributed by atoms with E-state index in [0.29, 0.717) is 5.92 Å². The van der Waals surface area contributed by atoms with E-state index in [4.69, 9.17) is 15.4 Å². The van der Waals surface area contributed by atoms with Crippen LogP contribution in [0.25, 0.3) is 6.08 Å². The summed E-state index contributed by atoms with van der Waals surface area (Å²) in [5.41, 5.74) is 9.59. The van der Waals surface area contributed by atoms with Crippen molar-refractivity contribution in [3.63, 3.8) is 0 Å². The van der Waals surface area contributed by atoms with Crippen molar-refractivity contribution in [1.82, 2.24) is 0 Å².